The summed E-state index contributed by atoms with van der Waals surface area (Å²) in [5.41, 5.74) is 4.87. The van der Waals surface area contributed by atoms with Crippen LogP contribution in [-0.2, 0) is 17.6 Å². The summed E-state index contributed by atoms with van der Waals surface area (Å²) < 4.78 is 5.23. The molecule has 1 saturated heterocycles. The molecule has 2 aliphatic heterocycles. The minimum absolute atomic E-state index is 0.0964. The van der Waals surface area contributed by atoms with Crippen molar-refractivity contribution in [1.29, 1.82) is 0 Å². The van der Waals surface area contributed by atoms with Gasteiger partial charge in [-0.3, -0.25) is 4.79 Å². The first-order chi connectivity index (χ1) is 16.6. The SMILES string of the molecule is COc1ccc(CCNC(=O)C2Cc3ccccc3N3CCN(c4ccc(Cl)cc4)CC23)cc1. The van der Waals surface area contributed by atoms with Gasteiger partial charge in [0.15, 0.2) is 0 Å². The van der Waals surface area contributed by atoms with Crippen molar-refractivity contribution in [2.75, 3.05) is 43.1 Å². The van der Waals surface area contributed by atoms with Gasteiger partial charge in [0.2, 0.25) is 5.91 Å². The average molecular weight is 476 g/mol. The van der Waals surface area contributed by atoms with Crippen LogP contribution in [0.5, 0.6) is 5.75 Å². The Labute approximate surface area is 206 Å². The van der Waals surface area contributed by atoms with E-state index in [1.165, 1.54) is 16.8 Å². The van der Waals surface area contributed by atoms with Gasteiger partial charge in [0, 0.05) is 42.6 Å². The Hall–Kier alpha value is -3.18. The fraction of sp³-hybridized carbons (Fsp3) is 0.321. The third-order valence-corrected chi connectivity index (χ3v) is 7.28. The highest BCUT2D eigenvalue weighted by atomic mass is 35.5. The van der Waals surface area contributed by atoms with E-state index in [9.17, 15) is 4.79 Å². The number of anilines is 2. The Morgan fingerprint density at radius 1 is 1.03 bits per heavy atom. The fourth-order valence-corrected chi connectivity index (χ4v) is 5.32. The number of fused-ring (bicyclic) bond motifs is 3. The Balaban J connectivity index is 1.31. The number of hydrogen-bond donors (Lipinski definition) is 1. The highest BCUT2D eigenvalue weighted by Crippen LogP contribution is 2.37. The lowest BCUT2D eigenvalue weighted by molar-refractivity contribution is -0.125. The van der Waals surface area contributed by atoms with Crippen molar-refractivity contribution in [3.05, 3.63) is 88.9 Å². The number of hydrogen-bond acceptors (Lipinski definition) is 4. The summed E-state index contributed by atoms with van der Waals surface area (Å²) in [6, 6.07) is 24.7. The molecule has 2 aliphatic rings. The highest BCUT2D eigenvalue weighted by molar-refractivity contribution is 6.30. The van der Waals surface area contributed by atoms with Gasteiger partial charge in [0.05, 0.1) is 19.1 Å². The average Bonchev–Trinajstić information content (AvgIpc) is 2.88. The zero-order valence-corrected chi connectivity index (χ0v) is 20.2. The summed E-state index contributed by atoms with van der Waals surface area (Å²) in [5, 5.41) is 3.96. The van der Waals surface area contributed by atoms with E-state index in [-0.39, 0.29) is 17.9 Å². The molecule has 3 aromatic rings. The lowest BCUT2D eigenvalue weighted by Gasteiger charge is -2.49. The largest absolute Gasteiger partial charge is 0.497 e. The third-order valence-electron chi connectivity index (χ3n) is 7.02. The van der Waals surface area contributed by atoms with Gasteiger partial charge in [-0.25, -0.2) is 0 Å². The first kappa shape index (κ1) is 22.6. The number of carbonyl (C=O) groups excluding carboxylic acids is 1. The second-order valence-corrected chi connectivity index (χ2v) is 9.45. The molecule has 0 aliphatic carbocycles. The minimum atomic E-state index is -0.0964. The number of ether oxygens (including phenoxy) is 1. The van der Waals surface area contributed by atoms with Crippen LogP contribution >= 0.6 is 11.6 Å². The van der Waals surface area contributed by atoms with Crippen molar-refractivity contribution >= 4 is 28.9 Å². The molecule has 176 valence electrons. The zero-order valence-electron chi connectivity index (χ0n) is 19.4. The molecule has 34 heavy (non-hydrogen) atoms. The van der Waals surface area contributed by atoms with E-state index in [0.29, 0.717) is 6.54 Å². The van der Waals surface area contributed by atoms with Gasteiger partial charge in [0.25, 0.3) is 0 Å². The second-order valence-electron chi connectivity index (χ2n) is 9.01. The van der Waals surface area contributed by atoms with Gasteiger partial charge < -0.3 is 19.9 Å². The van der Waals surface area contributed by atoms with Crippen LogP contribution in [0.3, 0.4) is 0 Å². The van der Waals surface area contributed by atoms with Crippen LogP contribution in [0.25, 0.3) is 0 Å². The van der Waals surface area contributed by atoms with E-state index in [1.54, 1.807) is 7.11 Å². The Kier molecular flexibility index (Phi) is 6.63. The van der Waals surface area contributed by atoms with Crippen LogP contribution in [0.15, 0.2) is 72.8 Å². The van der Waals surface area contributed by atoms with E-state index in [0.717, 1.165) is 48.9 Å². The van der Waals surface area contributed by atoms with Gasteiger partial charge in [0.1, 0.15) is 5.75 Å². The summed E-state index contributed by atoms with van der Waals surface area (Å²) in [7, 11) is 1.67. The second kappa shape index (κ2) is 9.98. The van der Waals surface area contributed by atoms with Crippen LogP contribution < -0.4 is 19.9 Å². The number of rotatable bonds is 6. The van der Waals surface area contributed by atoms with E-state index in [4.69, 9.17) is 16.3 Å². The molecule has 2 unspecified atom stereocenters. The first-order valence-corrected chi connectivity index (χ1v) is 12.3. The predicted octanol–water partition coefficient (Wildman–Crippen LogP) is 4.58. The molecule has 3 aromatic carbocycles. The van der Waals surface area contributed by atoms with Crippen molar-refractivity contribution in [2.24, 2.45) is 5.92 Å². The Bertz CT molecular complexity index is 1130. The number of halogens is 1. The molecule has 0 bridgehead atoms. The number of para-hydroxylation sites is 1. The van der Waals surface area contributed by atoms with Gasteiger partial charge in [-0.05, 0) is 66.4 Å². The lowest BCUT2D eigenvalue weighted by atomic mass is 9.83. The highest BCUT2D eigenvalue weighted by Gasteiger charge is 2.41. The number of piperazine rings is 1. The smallest absolute Gasteiger partial charge is 0.225 e. The fourth-order valence-electron chi connectivity index (χ4n) is 5.20. The number of nitrogens with zero attached hydrogens (tertiary/aromatic N) is 2. The molecule has 6 heteroatoms. The van der Waals surface area contributed by atoms with Crippen LogP contribution in [0.2, 0.25) is 5.02 Å². The summed E-state index contributed by atoms with van der Waals surface area (Å²) >= 11 is 6.10. The molecule has 0 aromatic heterocycles. The zero-order chi connectivity index (χ0) is 23.5. The van der Waals surface area contributed by atoms with Crippen molar-refractivity contribution in [3.63, 3.8) is 0 Å². The number of amides is 1. The van der Waals surface area contributed by atoms with Crippen LogP contribution in [0.4, 0.5) is 11.4 Å². The van der Waals surface area contributed by atoms with E-state index in [2.05, 4.69) is 63.6 Å². The molecule has 2 atom stereocenters. The first-order valence-electron chi connectivity index (χ1n) is 11.9. The molecule has 0 radical (unpaired) electrons. The minimum Gasteiger partial charge on any atom is -0.497 e. The Morgan fingerprint density at radius 3 is 2.56 bits per heavy atom. The molecule has 1 N–H and O–H groups in total. The third kappa shape index (κ3) is 4.71. The maximum atomic E-state index is 13.4. The summed E-state index contributed by atoms with van der Waals surface area (Å²) in [6.45, 7) is 3.24. The summed E-state index contributed by atoms with van der Waals surface area (Å²) in [5.74, 6) is 0.883. The van der Waals surface area contributed by atoms with E-state index >= 15 is 0 Å². The van der Waals surface area contributed by atoms with Crippen molar-refractivity contribution < 1.29 is 9.53 Å². The summed E-state index contributed by atoms with van der Waals surface area (Å²) in [6.07, 6.45) is 1.56. The number of methoxy groups -OCH3 is 1. The molecular formula is C28H30ClN3O2. The molecule has 2 heterocycles. The maximum Gasteiger partial charge on any atom is 0.225 e. The van der Waals surface area contributed by atoms with Crippen LogP contribution in [0.1, 0.15) is 11.1 Å². The van der Waals surface area contributed by atoms with Crippen LogP contribution in [0, 0.1) is 5.92 Å². The predicted molar refractivity (Wildman–Crippen MR) is 138 cm³/mol. The molecular weight excluding hydrogens is 446 g/mol. The normalized spacial score (nSPS) is 19.2. The molecule has 0 saturated carbocycles. The van der Waals surface area contributed by atoms with Crippen LogP contribution in [-0.4, -0.2) is 45.2 Å². The number of benzene rings is 3. The molecule has 1 fully saturated rings. The Morgan fingerprint density at radius 2 is 1.79 bits per heavy atom. The number of carbonyl (C=O) groups is 1. The van der Waals surface area contributed by atoms with E-state index < -0.39 is 0 Å². The molecule has 1 amide bonds. The number of nitrogens with one attached hydrogen (secondary N) is 1. The van der Waals surface area contributed by atoms with Gasteiger partial charge >= 0.3 is 0 Å². The monoisotopic (exact) mass is 475 g/mol. The lowest BCUT2D eigenvalue weighted by Crippen LogP contribution is -2.61. The van der Waals surface area contributed by atoms with Crippen molar-refractivity contribution in [2.45, 2.75) is 18.9 Å². The maximum absolute atomic E-state index is 13.4. The topological polar surface area (TPSA) is 44.8 Å². The molecule has 0 spiro atoms. The van der Waals surface area contributed by atoms with Crippen molar-refractivity contribution in [3.8, 4) is 5.75 Å². The van der Waals surface area contributed by atoms with Gasteiger partial charge in [-0.2, -0.15) is 0 Å². The van der Waals surface area contributed by atoms with Crippen molar-refractivity contribution in [1.82, 2.24) is 5.32 Å². The molecule has 5 nitrogen and oxygen atoms in total. The molecule has 5 rings (SSSR count). The quantitative estimate of drug-likeness (QED) is 0.567. The van der Waals surface area contributed by atoms with Gasteiger partial charge in [-0.15, -0.1) is 0 Å². The van der Waals surface area contributed by atoms with Gasteiger partial charge in [-0.1, -0.05) is 41.9 Å². The standard InChI is InChI=1S/C28H30ClN3O2/c1-34-24-12-6-20(7-13-24)14-15-30-28(33)25-18-21-4-2-3-5-26(21)32-17-16-31(19-27(25)32)23-10-8-22(29)9-11-23/h2-13,25,27H,14-19H2,1H3,(H,30,33). The summed E-state index contributed by atoms with van der Waals surface area (Å²) in [4.78, 5) is 18.3. The van der Waals surface area contributed by atoms with E-state index in [1.807, 2.05) is 24.3 Å².